The molecule has 2 amide bonds. The van der Waals surface area contributed by atoms with Crippen LogP contribution in [0.4, 0.5) is 5.69 Å². The molecular weight excluding hydrogens is 326 g/mol. The van der Waals surface area contributed by atoms with Crippen molar-refractivity contribution in [2.75, 3.05) is 11.4 Å². The minimum Gasteiger partial charge on any atom is -0.368 e. The molecule has 2 aromatic carbocycles. The molecule has 24 heavy (non-hydrogen) atoms. The topological polar surface area (TPSA) is 89.4 Å². The number of hydrogen-bond acceptors (Lipinski definition) is 3. The Morgan fingerprint density at radius 2 is 1.92 bits per heavy atom. The number of rotatable bonds is 3. The Labute approximate surface area is 145 Å². The van der Waals surface area contributed by atoms with E-state index in [9.17, 15) is 9.59 Å². The highest BCUT2D eigenvalue weighted by Crippen LogP contribution is 2.39. The van der Waals surface area contributed by atoms with Crippen LogP contribution in [0.25, 0.3) is 0 Å². The molecule has 2 unspecified atom stereocenters. The summed E-state index contributed by atoms with van der Waals surface area (Å²) < 4.78 is 0. The van der Waals surface area contributed by atoms with E-state index in [0.717, 1.165) is 11.1 Å². The second kappa shape index (κ2) is 6.63. The zero-order valence-electron chi connectivity index (χ0n) is 13.0. The average molecular weight is 344 g/mol. The molecule has 0 radical (unpaired) electrons. The third-order valence-electron chi connectivity index (χ3n) is 4.24. The first kappa shape index (κ1) is 16.5. The number of nitrogens with two attached hydrogens (primary N) is 2. The van der Waals surface area contributed by atoms with Crippen LogP contribution >= 0.6 is 11.6 Å². The number of carbonyl (C=O) groups is 2. The summed E-state index contributed by atoms with van der Waals surface area (Å²) in [6.45, 7) is -0.206. The highest BCUT2D eigenvalue weighted by atomic mass is 35.5. The van der Waals surface area contributed by atoms with Crippen molar-refractivity contribution in [3.05, 3.63) is 64.7 Å². The van der Waals surface area contributed by atoms with Crippen molar-refractivity contribution in [3.63, 3.8) is 0 Å². The first-order chi connectivity index (χ1) is 11.5. The number of hydrogen-bond donors (Lipinski definition) is 2. The van der Waals surface area contributed by atoms with Gasteiger partial charge < -0.3 is 16.4 Å². The Balaban J connectivity index is 2.17. The summed E-state index contributed by atoms with van der Waals surface area (Å²) in [5.74, 6) is -0.984. The number of carbonyl (C=O) groups excluding carboxylic acids is 2. The molecule has 0 aromatic heterocycles. The highest BCUT2D eigenvalue weighted by molar-refractivity contribution is 6.30. The molecule has 0 bridgehead atoms. The minimum absolute atomic E-state index is 0.0864. The Morgan fingerprint density at radius 1 is 1.21 bits per heavy atom. The standard InChI is InChI=1S/C18H18ClN3O2/c19-12-6-7-16-14(8-12)13(11-4-2-1-3-5-11)9-15(20)18(24)22(16)10-17(21)23/h1-8,13,15H,9-10,20H2,(H2,21,23). The lowest BCUT2D eigenvalue weighted by molar-refractivity contribution is -0.123. The van der Waals surface area contributed by atoms with Gasteiger partial charge in [-0.15, -0.1) is 0 Å². The van der Waals surface area contributed by atoms with E-state index >= 15 is 0 Å². The zero-order valence-corrected chi connectivity index (χ0v) is 13.7. The molecule has 0 fully saturated rings. The minimum atomic E-state index is -0.722. The number of fused-ring (bicyclic) bond motifs is 1. The number of benzene rings is 2. The van der Waals surface area contributed by atoms with Crippen LogP contribution in [0.1, 0.15) is 23.5 Å². The molecule has 1 aliphatic rings. The molecule has 0 saturated carbocycles. The molecule has 2 atom stereocenters. The van der Waals surface area contributed by atoms with Crippen molar-refractivity contribution in [2.24, 2.45) is 11.5 Å². The van der Waals surface area contributed by atoms with Gasteiger partial charge in [-0.25, -0.2) is 0 Å². The molecule has 124 valence electrons. The van der Waals surface area contributed by atoms with Crippen LogP contribution < -0.4 is 16.4 Å². The van der Waals surface area contributed by atoms with Gasteiger partial charge in [-0.05, 0) is 35.7 Å². The third kappa shape index (κ3) is 3.13. The van der Waals surface area contributed by atoms with Crippen LogP contribution in [-0.2, 0) is 9.59 Å². The van der Waals surface area contributed by atoms with Gasteiger partial charge in [0.1, 0.15) is 6.54 Å². The largest absolute Gasteiger partial charge is 0.368 e. The smallest absolute Gasteiger partial charge is 0.244 e. The fourth-order valence-corrected chi connectivity index (χ4v) is 3.35. The summed E-state index contributed by atoms with van der Waals surface area (Å²) in [5, 5.41) is 0.566. The fraction of sp³-hybridized carbons (Fsp3) is 0.222. The number of nitrogens with zero attached hydrogens (tertiary/aromatic N) is 1. The van der Waals surface area contributed by atoms with Crippen molar-refractivity contribution < 1.29 is 9.59 Å². The van der Waals surface area contributed by atoms with Crippen molar-refractivity contribution >= 4 is 29.1 Å². The normalized spacial score (nSPS) is 20.4. The van der Waals surface area contributed by atoms with E-state index in [4.69, 9.17) is 23.1 Å². The van der Waals surface area contributed by atoms with Crippen LogP contribution in [-0.4, -0.2) is 24.4 Å². The lowest BCUT2D eigenvalue weighted by atomic mass is 9.86. The van der Waals surface area contributed by atoms with E-state index in [-0.39, 0.29) is 18.4 Å². The Morgan fingerprint density at radius 3 is 2.58 bits per heavy atom. The van der Waals surface area contributed by atoms with Gasteiger partial charge in [0.25, 0.3) is 0 Å². The summed E-state index contributed by atoms with van der Waals surface area (Å²) >= 11 is 6.18. The molecule has 0 saturated heterocycles. The zero-order chi connectivity index (χ0) is 17.3. The van der Waals surface area contributed by atoms with Gasteiger partial charge in [0.2, 0.25) is 11.8 Å². The summed E-state index contributed by atoms with van der Waals surface area (Å²) in [6, 6.07) is 14.4. The summed E-state index contributed by atoms with van der Waals surface area (Å²) in [4.78, 5) is 25.4. The summed E-state index contributed by atoms with van der Waals surface area (Å²) in [5.41, 5.74) is 14.0. The van der Waals surface area contributed by atoms with E-state index in [1.807, 2.05) is 36.4 Å². The molecule has 2 aromatic rings. The molecule has 6 heteroatoms. The van der Waals surface area contributed by atoms with Crippen LogP contribution in [0, 0.1) is 0 Å². The van der Waals surface area contributed by atoms with E-state index in [2.05, 4.69) is 0 Å². The van der Waals surface area contributed by atoms with Crippen molar-refractivity contribution in [1.29, 1.82) is 0 Å². The molecule has 5 nitrogen and oxygen atoms in total. The molecule has 4 N–H and O–H groups in total. The van der Waals surface area contributed by atoms with Gasteiger partial charge in [0.05, 0.1) is 6.04 Å². The Bertz CT molecular complexity index is 779. The Hall–Kier alpha value is -2.37. The van der Waals surface area contributed by atoms with Gasteiger partial charge in [-0.2, -0.15) is 0 Å². The van der Waals surface area contributed by atoms with Crippen molar-refractivity contribution in [1.82, 2.24) is 0 Å². The second-order valence-corrected chi connectivity index (χ2v) is 6.34. The molecule has 1 heterocycles. The van der Waals surface area contributed by atoms with Crippen LogP contribution in [0.2, 0.25) is 5.02 Å². The van der Waals surface area contributed by atoms with Gasteiger partial charge in [0.15, 0.2) is 0 Å². The van der Waals surface area contributed by atoms with Crippen LogP contribution in [0.15, 0.2) is 48.5 Å². The van der Waals surface area contributed by atoms with Gasteiger partial charge in [-0.3, -0.25) is 9.59 Å². The second-order valence-electron chi connectivity index (χ2n) is 5.90. The van der Waals surface area contributed by atoms with Gasteiger partial charge >= 0.3 is 0 Å². The Kier molecular flexibility index (Phi) is 4.55. The number of amides is 2. The maximum atomic E-state index is 12.7. The molecule has 3 rings (SSSR count). The molecule has 0 aliphatic carbocycles. The summed E-state index contributed by atoms with van der Waals surface area (Å²) in [7, 11) is 0. The van der Waals surface area contributed by atoms with E-state index in [1.165, 1.54) is 4.90 Å². The maximum Gasteiger partial charge on any atom is 0.244 e. The summed E-state index contributed by atoms with van der Waals surface area (Å²) in [6.07, 6.45) is 0.436. The highest BCUT2D eigenvalue weighted by Gasteiger charge is 2.34. The predicted molar refractivity (Wildman–Crippen MR) is 93.9 cm³/mol. The number of halogens is 1. The monoisotopic (exact) mass is 343 g/mol. The lowest BCUT2D eigenvalue weighted by Gasteiger charge is -2.23. The van der Waals surface area contributed by atoms with Gasteiger partial charge in [-0.1, -0.05) is 41.9 Å². The molecule has 1 aliphatic heterocycles. The van der Waals surface area contributed by atoms with E-state index < -0.39 is 11.9 Å². The lowest BCUT2D eigenvalue weighted by Crippen LogP contribution is -2.46. The predicted octanol–water partition coefficient (Wildman–Crippen LogP) is 2.02. The molecule has 0 spiro atoms. The quantitative estimate of drug-likeness (QED) is 0.893. The van der Waals surface area contributed by atoms with Crippen molar-refractivity contribution in [3.8, 4) is 0 Å². The first-order valence-electron chi connectivity index (χ1n) is 7.67. The number of primary amides is 1. The molecular formula is C18H18ClN3O2. The van der Waals surface area contributed by atoms with Crippen LogP contribution in [0.5, 0.6) is 0 Å². The first-order valence-corrected chi connectivity index (χ1v) is 8.05. The van der Waals surface area contributed by atoms with E-state index in [0.29, 0.717) is 17.1 Å². The van der Waals surface area contributed by atoms with Crippen molar-refractivity contribution in [2.45, 2.75) is 18.4 Å². The third-order valence-corrected chi connectivity index (χ3v) is 4.48. The SMILES string of the molecule is NC(=O)CN1C(=O)C(N)CC(c2ccccc2)c2cc(Cl)ccc21. The van der Waals surface area contributed by atoms with Crippen LogP contribution in [0.3, 0.4) is 0 Å². The number of anilines is 1. The fourth-order valence-electron chi connectivity index (χ4n) is 3.17. The van der Waals surface area contributed by atoms with E-state index in [1.54, 1.807) is 12.1 Å². The average Bonchev–Trinajstić information content (AvgIpc) is 2.66. The van der Waals surface area contributed by atoms with Gasteiger partial charge in [0, 0.05) is 16.6 Å². The maximum absolute atomic E-state index is 12.7.